The maximum absolute atomic E-state index is 12.9. The van der Waals surface area contributed by atoms with E-state index in [9.17, 15) is 9.18 Å². The Kier molecular flexibility index (Phi) is 1.79. The molecule has 3 rings (SSSR count). The van der Waals surface area contributed by atoms with Crippen LogP contribution in [0.5, 0.6) is 5.75 Å². The van der Waals surface area contributed by atoms with Gasteiger partial charge in [0, 0.05) is 0 Å². The van der Waals surface area contributed by atoms with E-state index >= 15 is 0 Å². The van der Waals surface area contributed by atoms with E-state index in [0.717, 1.165) is 0 Å². The maximum atomic E-state index is 12.9. The van der Waals surface area contributed by atoms with Gasteiger partial charge in [-0.1, -0.05) is 0 Å². The van der Waals surface area contributed by atoms with Crippen molar-refractivity contribution in [2.45, 2.75) is 18.6 Å². The molecule has 0 saturated carbocycles. The van der Waals surface area contributed by atoms with E-state index in [2.05, 4.69) is 0 Å². The molecule has 1 fully saturated rings. The predicted molar refractivity (Wildman–Crippen MR) is 49.5 cm³/mol. The number of hydrogen-bond acceptors (Lipinski definition) is 3. The van der Waals surface area contributed by atoms with E-state index in [4.69, 9.17) is 9.47 Å². The molecule has 3 nitrogen and oxygen atoms in total. The summed E-state index contributed by atoms with van der Waals surface area (Å²) >= 11 is 0. The second-order valence-electron chi connectivity index (χ2n) is 3.80. The molecule has 1 aromatic carbocycles. The lowest BCUT2D eigenvalue weighted by atomic mass is 9.99. The van der Waals surface area contributed by atoms with Crippen LogP contribution in [0.1, 0.15) is 16.8 Å². The molecule has 1 aromatic rings. The van der Waals surface area contributed by atoms with Crippen LogP contribution in [-0.4, -0.2) is 24.6 Å². The summed E-state index contributed by atoms with van der Waals surface area (Å²) in [6.07, 6.45) is 0.115. The van der Waals surface area contributed by atoms with Gasteiger partial charge in [0.25, 0.3) is 0 Å². The van der Waals surface area contributed by atoms with Crippen LogP contribution >= 0.6 is 0 Å². The summed E-state index contributed by atoms with van der Waals surface area (Å²) in [6.45, 7) is 0.647. The van der Waals surface area contributed by atoms with Crippen molar-refractivity contribution in [3.8, 4) is 5.75 Å². The number of benzene rings is 1. The van der Waals surface area contributed by atoms with Crippen LogP contribution in [0.15, 0.2) is 18.2 Å². The van der Waals surface area contributed by atoms with Crippen LogP contribution in [0.2, 0.25) is 0 Å². The van der Waals surface area contributed by atoms with Crippen molar-refractivity contribution in [3.63, 3.8) is 0 Å². The molecule has 15 heavy (non-hydrogen) atoms. The second kappa shape index (κ2) is 3.03. The van der Waals surface area contributed by atoms with Gasteiger partial charge in [-0.15, -0.1) is 0 Å². The molecule has 2 atom stereocenters. The van der Waals surface area contributed by atoms with Crippen molar-refractivity contribution >= 4 is 5.78 Å². The molecule has 2 aliphatic heterocycles. The van der Waals surface area contributed by atoms with E-state index in [-0.39, 0.29) is 24.4 Å². The summed E-state index contributed by atoms with van der Waals surface area (Å²) in [5, 5.41) is 0. The number of fused-ring (bicyclic) bond motifs is 1. The molecule has 78 valence electrons. The second-order valence-corrected chi connectivity index (χ2v) is 3.80. The number of epoxide rings is 1. The summed E-state index contributed by atoms with van der Waals surface area (Å²) in [6, 6.07) is 4.01. The summed E-state index contributed by atoms with van der Waals surface area (Å²) in [4.78, 5) is 11.7. The molecule has 0 radical (unpaired) electrons. The summed E-state index contributed by atoms with van der Waals surface area (Å²) in [7, 11) is 0. The van der Waals surface area contributed by atoms with Crippen molar-refractivity contribution in [1.29, 1.82) is 0 Å². The van der Waals surface area contributed by atoms with E-state index in [1.54, 1.807) is 0 Å². The Labute approximate surface area is 85.8 Å². The van der Waals surface area contributed by atoms with Crippen LogP contribution in [0.3, 0.4) is 0 Å². The van der Waals surface area contributed by atoms with Crippen LogP contribution in [0.4, 0.5) is 4.39 Å². The third-order valence-corrected chi connectivity index (χ3v) is 2.68. The molecular weight excluding hydrogens is 199 g/mol. The van der Waals surface area contributed by atoms with E-state index in [1.807, 2.05) is 0 Å². The number of hydrogen-bond donors (Lipinski definition) is 0. The number of ether oxygens (including phenoxy) is 2. The molecule has 0 aromatic heterocycles. The zero-order chi connectivity index (χ0) is 10.4. The molecule has 0 bridgehead atoms. The lowest BCUT2D eigenvalue weighted by Gasteiger charge is -2.23. The SMILES string of the molecule is O=C1C[C@@H](C2CO2)Oc2ccc(F)cc21. The Morgan fingerprint density at radius 2 is 2.13 bits per heavy atom. The largest absolute Gasteiger partial charge is 0.486 e. The predicted octanol–water partition coefficient (Wildman–Crippen LogP) is 1.56. The number of carbonyl (C=O) groups is 1. The first-order chi connectivity index (χ1) is 7.24. The molecule has 1 unspecified atom stereocenters. The van der Waals surface area contributed by atoms with E-state index < -0.39 is 5.82 Å². The van der Waals surface area contributed by atoms with Crippen LogP contribution in [0.25, 0.3) is 0 Å². The van der Waals surface area contributed by atoms with Gasteiger partial charge >= 0.3 is 0 Å². The van der Waals surface area contributed by atoms with Crippen molar-refractivity contribution in [2.24, 2.45) is 0 Å². The Bertz CT molecular complexity index is 426. The Morgan fingerprint density at radius 3 is 2.87 bits per heavy atom. The van der Waals surface area contributed by atoms with Crippen LogP contribution in [0, 0.1) is 5.82 Å². The molecule has 2 heterocycles. The highest BCUT2D eigenvalue weighted by atomic mass is 19.1. The minimum Gasteiger partial charge on any atom is -0.486 e. The first-order valence-electron chi connectivity index (χ1n) is 4.85. The minimum atomic E-state index is -0.410. The topological polar surface area (TPSA) is 38.8 Å². The van der Waals surface area contributed by atoms with Crippen molar-refractivity contribution in [3.05, 3.63) is 29.6 Å². The number of ketones is 1. The summed E-state index contributed by atoms with van der Waals surface area (Å²) in [5.74, 6) is -0.0174. The van der Waals surface area contributed by atoms with Crippen molar-refractivity contribution < 1.29 is 18.7 Å². The minimum absolute atomic E-state index is 0.0344. The molecule has 2 aliphatic rings. The zero-order valence-electron chi connectivity index (χ0n) is 7.90. The molecule has 4 heteroatoms. The monoisotopic (exact) mass is 208 g/mol. The first kappa shape index (κ1) is 8.85. The quantitative estimate of drug-likeness (QED) is 0.657. The Morgan fingerprint density at radius 1 is 1.33 bits per heavy atom. The lowest BCUT2D eigenvalue weighted by molar-refractivity contribution is 0.0799. The van der Waals surface area contributed by atoms with Gasteiger partial charge in [0.15, 0.2) is 5.78 Å². The normalized spacial score (nSPS) is 28.2. The number of Topliss-reactive ketones (excluding diaryl/α,β-unsaturated/α-hetero) is 1. The molecule has 1 saturated heterocycles. The Balaban J connectivity index is 1.96. The molecular formula is C11H9FO3. The Hall–Kier alpha value is -1.42. The van der Waals surface area contributed by atoms with Gasteiger partial charge in [0.1, 0.15) is 23.8 Å². The standard InChI is InChI=1S/C11H9FO3/c12-6-1-2-9-7(3-6)8(13)4-10(15-9)11-5-14-11/h1-3,10-11H,4-5H2/t10-,11?/m0/s1. The van der Waals surface area contributed by atoms with Gasteiger partial charge in [-0.25, -0.2) is 4.39 Å². The van der Waals surface area contributed by atoms with Gasteiger partial charge in [-0.2, -0.15) is 0 Å². The summed E-state index contributed by atoms with van der Waals surface area (Å²) < 4.78 is 23.6. The van der Waals surface area contributed by atoms with Crippen molar-refractivity contribution in [1.82, 2.24) is 0 Å². The molecule has 0 N–H and O–H groups in total. The highest BCUT2D eigenvalue weighted by Crippen LogP contribution is 2.32. The zero-order valence-corrected chi connectivity index (χ0v) is 7.90. The highest BCUT2D eigenvalue weighted by Gasteiger charge is 2.39. The third kappa shape index (κ3) is 1.51. The van der Waals surface area contributed by atoms with Crippen LogP contribution < -0.4 is 4.74 Å². The third-order valence-electron chi connectivity index (χ3n) is 2.68. The molecule has 0 spiro atoms. The van der Waals surface area contributed by atoms with Gasteiger partial charge in [-0.3, -0.25) is 4.79 Å². The highest BCUT2D eigenvalue weighted by molar-refractivity contribution is 6.00. The lowest BCUT2D eigenvalue weighted by Crippen LogP contribution is -2.31. The number of halogens is 1. The van der Waals surface area contributed by atoms with E-state index in [1.165, 1.54) is 18.2 Å². The smallest absolute Gasteiger partial charge is 0.170 e. The fourth-order valence-electron chi connectivity index (χ4n) is 1.80. The average molecular weight is 208 g/mol. The fraction of sp³-hybridized carbons (Fsp3) is 0.364. The van der Waals surface area contributed by atoms with Crippen LogP contribution in [-0.2, 0) is 4.74 Å². The van der Waals surface area contributed by atoms with Gasteiger partial charge in [-0.05, 0) is 18.2 Å². The van der Waals surface area contributed by atoms with Gasteiger partial charge in [0.2, 0.25) is 0 Å². The van der Waals surface area contributed by atoms with Gasteiger partial charge < -0.3 is 9.47 Å². The number of rotatable bonds is 1. The summed E-state index contributed by atoms with van der Waals surface area (Å²) in [5.41, 5.74) is 0.340. The van der Waals surface area contributed by atoms with E-state index in [0.29, 0.717) is 17.9 Å². The average Bonchev–Trinajstić information content (AvgIpc) is 3.02. The van der Waals surface area contributed by atoms with Gasteiger partial charge in [0.05, 0.1) is 18.6 Å². The maximum Gasteiger partial charge on any atom is 0.170 e. The molecule has 0 aliphatic carbocycles. The first-order valence-corrected chi connectivity index (χ1v) is 4.85. The fourth-order valence-corrected chi connectivity index (χ4v) is 1.80. The molecule has 0 amide bonds. The van der Waals surface area contributed by atoms with Crippen molar-refractivity contribution in [2.75, 3.05) is 6.61 Å². The number of carbonyl (C=O) groups excluding carboxylic acids is 1.